The van der Waals surface area contributed by atoms with Crippen LogP contribution in [0.5, 0.6) is 0 Å². The summed E-state index contributed by atoms with van der Waals surface area (Å²) in [5.74, 6) is -1.80. The van der Waals surface area contributed by atoms with E-state index in [0.29, 0.717) is 35.5 Å². The molecule has 3 amide bonds. The second-order valence-electron chi connectivity index (χ2n) is 8.79. The van der Waals surface area contributed by atoms with Gasteiger partial charge < -0.3 is 35.8 Å². The lowest BCUT2D eigenvalue weighted by molar-refractivity contribution is -0.139. The SMILES string of the molecule is Cc1cccc(C)c1C(=O)NC(CNC(=O)COC1CC(CNc2ccccn2)N(C(=O)O)C1)C(=O)O. The van der Waals surface area contributed by atoms with Crippen molar-refractivity contribution < 1.29 is 34.1 Å². The number of benzene rings is 1. The summed E-state index contributed by atoms with van der Waals surface area (Å²) in [6.07, 6.45) is 0.410. The van der Waals surface area contributed by atoms with Gasteiger partial charge in [0.2, 0.25) is 5.91 Å². The van der Waals surface area contributed by atoms with Gasteiger partial charge in [-0.25, -0.2) is 14.6 Å². The number of anilines is 1. The first-order valence-electron chi connectivity index (χ1n) is 11.8. The number of nitrogens with zero attached hydrogens (tertiary/aromatic N) is 2. The number of rotatable bonds is 11. The molecule has 3 atom stereocenters. The number of carboxylic acid groups (broad SMARTS) is 2. The molecule has 0 spiro atoms. The average Bonchev–Trinajstić information content (AvgIpc) is 3.28. The van der Waals surface area contributed by atoms with Crippen LogP contribution in [0.25, 0.3) is 0 Å². The van der Waals surface area contributed by atoms with Gasteiger partial charge in [0.25, 0.3) is 5.91 Å². The van der Waals surface area contributed by atoms with Crippen LogP contribution >= 0.6 is 0 Å². The van der Waals surface area contributed by atoms with Crippen LogP contribution in [-0.2, 0) is 14.3 Å². The molecule has 0 bridgehead atoms. The molecule has 1 aromatic heterocycles. The summed E-state index contributed by atoms with van der Waals surface area (Å²) < 4.78 is 5.61. The maximum absolute atomic E-state index is 12.6. The zero-order valence-electron chi connectivity index (χ0n) is 20.6. The first kappa shape index (κ1) is 27.4. The zero-order chi connectivity index (χ0) is 26.9. The maximum Gasteiger partial charge on any atom is 0.407 e. The van der Waals surface area contributed by atoms with Gasteiger partial charge in [0.05, 0.1) is 18.7 Å². The number of carboxylic acids is 1. The normalized spacial score (nSPS) is 17.6. The summed E-state index contributed by atoms with van der Waals surface area (Å²) in [5, 5.41) is 27.0. The molecular weight excluding hydrogens is 482 g/mol. The highest BCUT2D eigenvalue weighted by Gasteiger charge is 2.36. The van der Waals surface area contributed by atoms with Crippen LogP contribution in [0, 0.1) is 13.8 Å². The Labute approximate surface area is 214 Å². The van der Waals surface area contributed by atoms with E-state index >= 15 is 0 Å². The van der Waals surface area contributed by atoms with Crippen LogP contribution in [0.4, 0.5) is 10.6 Å². The van der Waals surface area contributed by atoms with Crippen molar-refractivity contribution in [2.75, 3.05) is 31.6 Å². The molecule has 12 heteroatoms. The van der Waals surface area contributed by atoms with Gasteiger partial charge in [-0.1, -0.05) is 24.3 Å². The number of nitrogens with one attached hydrogen (secondary N) is 3. The summed E-state index contributed by atoms with van der Waals surface area (Å²) in [4.78, 5) is 53.6. The Hall–Kier alpha value is -4.19. The number of aliphatic carboxylic acids is 1. The molecule has 5 N–H and O–H groups in total. The molecule has 37 heavy (non-hydrogen) atoms. The highest BCUT2D eigenvalue weighted by molar-refractivity contribution is 5.99. The number of carbonyl (C=O) groups excluding carboxylic acids is 2. The van der Waals surface area contributed by atoms with Crippen molar-refractivity contribution in [3.63, 3.8) is 0 Å². The molecule has 1 saturated heterocycles. The van der Waals surface area contributed by atoms with E-state index in [1.165, 1.54) is 4.90 Å². The van der Waals surface area contributed by atoms with E-state index in [0.717, 1.165) is 0 Å². The number of aryl methyl sites for hydroxylation is 2. The Morgan fingerprint density at radius 1 is 1.11 bits per heavy atom. The topological polar surface area (TPSA) is 170 Å². The van der Waals surface area contributed by atoms with Gasteiger partial charge in [0.15, 0.2) is 0 Å². The van der Waals surface area contributed by atoms with Crippen molar-refractivity contribution in [2.45, 2.75) is 38.5 Å². The predicted octanol–water partition coefficient (Wildman–Crippen LogP) is 1.25. The zero-order valence-corrected chi connectivity index (χ0v) is 20.6. The third-order valence-corrected chi connectivity index (χ3v) is 6.07. The fourth-order valence-corrected chi connectivity index (χ4v) is 4.18. The van der Waals surface area contributed by atoms with E-state index in [-0.39, 0.29) is 25.7 Å². The number of hydrogen-bond donors (Lipinski definition) is 5. The highest BCUT2D eigenvalue weighted by atomic mass is 16.5. The van der Waals surface area contributed by atoms with E-state index in [1.807, 2.05) is 6.07 Å². The molecule has 1 aliphatic rings. The van der Waals surface area contributed by atoms with Crippen molar-refractivity contribution in [2.24, 2.45) is 0 Å². The van der Waals surface area contributed by atoms with Crippen molar-refractivity contribution in [3.05, 3.63) is 59.3 Å². The van der Waals surface area contributed by atoms with Crippen molar-refractivity contribution in [1.82, 2.24) is 20.5 Å². The van der Waals surface area contributed by atoms with E-state index in [4.69, 9.17) is 4.74 Å². The first-order valence-corrected chi connectivity index (χ1v) is 11.8. The molecule has 1 aromatic carbocycles. The Bertz CT molecular complexity index is 1110. The summed E-state index contributed by atoms with van der Waals surface area (Å²) in [6, 6.07) is 8.96. The molecule has 1 aliphatic heterocycles. The maximum atomic E-state index is 12.6. The third kappa shape index (κ3) is 7.64. The van der Waals surface area contributed by atoms with E-state index in [1.54, 1.807) is 50.4 Å². The molecule has 2 aromatic rings. The standard InChI is InChI=1S/C25H31N5O7/c1-15-6-5-7-16(2)22(15)23(32)29-19(24(33)34)12-28-21(31)14-37-18-10-17(30(13-18)25(35)36)11-27-20-8-3-4-9-26-20/h3-9,17-19H,10-14H2,1-2H3,(H,26,27)(H,28,31)(H,29,32)(H,33,34)(H,35,36). The van der Waals surface area contributed by atoms with Crippen molar-refractivity contribution >= 4 is 29.7 Å². The highest BCUT2D eigenvalue weighted by Crippen LogP contribution is 2.21. The fourth-order valence-electron chi connectivity index (χ4n) is 4.18. The summed E-state index contributed by atoms with van der Waals surface area (Å²) in [5.41, 5.74) is 1.80. The average molecular weight is 514 g/mol. The quantitative estimate of drug-likeness (QED) is 0.297. The number of likely N-dealkylation sites (tertiary alicyclic amines) is 1. The van der Waals surface area contributed by atoms with Crippen LogP contribution in [-0.4, -0.2) is 88.4 Å². The molecule has 0 radical (unpaired) electrons. The molecule has 0 aliphatic carbocycles. The van der Waals surface area contributed by atoms with Crippen LogP contribution in [0.2, 0.25) is 0 Å². The summed E-state index contributed by atoms with van der Waals surface area (Å²) in [7, 11) is 0. The minimum atomic E-state index is -1.34. The monoisotopic (exact) mass is 513 g/mol. The van der Waals surface area contributed by atoms with Gasteiger partial charge in [0, 0.05) is 24.8 Å². The minimum Gasteiger partial charge on any atom is -0.480 e. The molecule has 1 fully saturated rings. The van der Waals surface area contributed by atoms with E-state index < -0.39 is 36.0 Å². The Morgan fingerprint density at radius 3 is 2.46 bits per heavy atom. The first-order chi connectivity index (χ1) is 17.7. The molecule has 2 heterocycles. The third-order valence-electron chi connectivity index (χ3n) is 6.07. The number of ether oxygens (including phenoxy) is 1. The summed E-state index contributed by atoms with van der Waals surface area (Å²) >= 11 is 0. The van der Waals surface area contributed by atoms with Gasteiger partial charge in [-0.15, -0.1) is 0 Å². The predicted molar refractivity (Wildman–Crippen MR) is 133 cm³/mol. The van der Waals surface area contributed by atoms with Crippen LogP contribution < -0.4 is 16.0 Å². The van der Waals surface area contributed by atoms with Crippen molar-refractivity contribution in [1.29, 1.82) is 0 Å². The van der Waals surface area contributed by atoms with Gasteiger partial charge in [-0.2, -0.15) is 0 Å². The fraction of sp³-hybridized carbons (Fsp3) is 0.400. The molecule has 0 saturated carbocycles. The number of amides is 3. The Kier molecular flexibility index (Phi) is 9.39. The van der Waals surface area contributed by atoms with Crippen LogP contribution in [0.15, 0.2) is 42.6 Å². The largest absolute Gasteiger partial charge is 0.480 e. The van der Waals surface area contributed by atoms with Gasteiger partial charge in [0.1, 0.15) is 18.5 Å². The number of hydrogen-bond acceptors (Lipinski definition) is 7. The number of aromatic nitrogens is 1. The molecule has 198 valence electrons. The van der Waals surface area contributed by atoms with Gasteiger partial charge >= 0.3 is 12.1 Å². The second-order valence-corrected chi connectivity index (χ2v) is 8.79. The van der Waals surface area contributed by atoms with Crippen molar-refractivity contribution in [3.8, 4) is 0 Å². The lowest BCUT2D eigenvalue weighted by Gasteiger charge is -2.21. The Morgan fingerprint density at radius 2 is 1.84 bits per heavy atom. The van der Waals surface area contributed by atoms with Gasteiger partial charge in [-0.3, -0.25) is 9.59 Å². The Balaban J connectivity index is 1.47. The van der Waals surface area contributed by atoms with Gasteiger partial charge in [-0.05, 0) is 43.5 Å². The minimum absolute atomic E-state index is 0.0980. The lowest BCUT2D eigenvalue weighted by atomic mass is 10.0. The molecule has 3 unspecified atom stereocenters. The smallest absolute Gasteiger partial charge is 0.407 e. The molecular formula is C25H31N5O7. The van der Waals surface area contributed by atoms with Crippen LogP contribution in [0.1, 0.15) is 27.9 Å². The van der Waals surface area contributed by atoms with E-state index in [9.17, 15) is 29.4 Å². The van der Waals surface area contributed by atoms with E-state index in [2.05, 4.69) is 20.9 Å². The number of carbonyl (C=O) groups is 4. The second kappa shape index (κ2) is 12.7. The molecule has 12 nitrogen and oxygen atoms in total. The number of pyridine rings is 1. The molecule has 3 rings (SSSR count). The lowest BCUT2D eigenvalue weighted by Crippen LogP contribution is -2.49. The summed E-state index contributed by atoms with van der Waals surface area (Å²) in [6.45, 7) is 3.22. The van der Waals surface area contributed by atoms with Crippen LogP contribution in [0.3, 0.4) is 0 Å².